The van der Waals surface area contributed by atoms with Crippen molar-refractivity contribution in [3.63, 3.8) is 0 Å². The summed E-state index contributed by atoms with van der Waals surface area (Å²) in [6.07, 6.45) is 1.24. The quantitative estimate of drug-likeness (QED) is 0.585. The Balaban J connectivity index is 1.79. The van der Waals surface area contributed by atoms with Gasteiger partial charge in [0.2, 0.25) is 5.91 Å². The van der Waals surface area contributed by atoms with Crippen LogP contribution in [0.25, 0.3) is 0 Å². The zero-order chi connectivity index (χ0) is 9.26. The molecule has 0 aromatic carbocycles. The molecule has 2 fully saturated rings. The highest BCUT2D eigenvalue weighted by atomic mass is 16.2. The summed E-state index contributed by atoms with van der Waals surface area (Å²) in [5.74, 6) is -0.106. The summed E-state index contributed by atoms with van der Waals surface area (Å²) in [4.78, 5) is 25.7. The van der Waals surface area contributed by atoms with Crippen LogP contribution in [0.2, 0.25) is 0 Å². The molecular weight excluding hydrogens is 170 g/mol. The summed E-state index contributed by atoms with van der Waals surface area (Å²) in [7, 11) is 0. The van der Waals surface area contributed by atoms with E-state index in [2.05, 4.69) is 10.2 Å². The average Bonchev–Trinajstić information content (AvgIpc) is 2.32. The number of amides is 3. The maximum atomic E-state index is 11.1. The molecular formula is C8H13N3O2. The van der Waals surface area contributed by atoms with Crippen molar-refractivity contribution in [1.29, 1.82) is 0 Å². The molecule has 0 unspecified atom stereocenters. The molecule has 0 saturated carbocycles. The van der Waals surface area contributed by atoms with Crippen molar-refractivity contribution in [1.82, 2.24) is 15.1 Å². The molecule has 2 aliphatic rings. The second kappa shape index (κ2) is 3.33. The summed E-state index contributed by atoms with van der Waals surface area (Å²) in [5.41, 5.74) is 0. The molecule has 0 radical (unpaired) electrons. The molecule has 2 heterocycles. The maximum absolute atomic E-state index is 11.1. The van der Waals surface area contributed by atoms with Crippen LogP contribution in [-0.4, -0.2) is 54.5 Å². The van der Waals surface area contributed by atoms with Crippen LogP contribution < -0.4 is 5.32 Å². The first-order chi connectivity index (χ1) is 6.27. The normalized spacial score (nSPS) is 23.2. The van der Waals surface area contributed by atoms with Crippen LogP contribution in [0.15, 0.2) is 0 Å². The lowest BCUT2D eigenvalue weighted by Crippen LogP contribution is -2.44. The number of rotatable bonds is 3. The van der Waals surface area contributed by atoms with Gasteiger partial charge in [-0.1, -0.05) is 0 Å². The highest BCUT2D eigenvalue weighted by Crippen LogP contribution is 2.06. The molecule has 0 spiro atoms. The molecule has 72 valence electrons. The van der Waals surface area contributed by atoms with E-state index in [-0.39, 0.29) is 18.5 Å². The monoisotopic (exact) mass is 183 g/mol. The standard InChI is InChI=1S/C8H13N3O2/c12-7-6-9-8(13)11(7)5-4-10-2-1-3-10/h1-6H2,(H,9,13). The number of carbonyl (C=O) groups is 2. The lowest BCUT2D eigenvalue weighted by atomic mass is 10.2. The minimum absolute atomic E-state index is 0.106. The van der Waals surface area contributed by atoms with Gasteiger partial charge in [-0.25, -0.2) is 4.79 Å². The molecule has 2 aliphatic heterocycles. The van der Waals surface area contributed by atoms with E-state index in [4.69, 9.17) is 0 Å². The van der Waals surface area contributed by atoms with Crippen LogP contribution in [0.1, 0.15) is 6.42 Å². The minimum Gasteiger partial charge on any atom is -0.329 e. The van der Waals surface area contributed by atoms with Crippen molar-refractivity contribution in [3.05, 3.63) is 0 Å². The minimum atomic E-state index is -0.245. The highest BCUT2D eigenvalue weighted by Gasteiger charge is 2.28. The van der Waals surface area contributed by atoms with Gasteiger partial charge in [-0.2, -0.15) is 0 Å². The van der Waals surface area contributed by atoms with Gasteiger partial charge >= 0.3 is 6.03 Å². The number of nitrogens with one attached hydrogen (secondary N) is 1. The Morgan fingerprint density at radius 3 is 2.46 bits per heavy atom. The summed E-state index contributed by atoms with van der Waals surface area (Å²) in [5, 5.41) is 2.50. The Bertz CT molecular complexity index is 222. The lowest BCUT2D eigenvalue weighted by Gasteiger charge is -2.31. The fourth-order valence-corrected chi connectivity index (χ4v) is 1.53. The first kappa shape index (κ1) is 8.50. The smallest absolute Gasteiger partial charge is 0.324 e. The van der Waals surface area contributed by atoms with Crippen LogP contribution in [0.4, 0.5) is 4.79 Å². The molecule has 0 aromatic heterocycles. The summed E-state index contributed by atoms with van der Waals surface area (Å²) < 4.78 is 0. The number of hydrogen-bond donors (Lipinski definition) is 1. The molecule has 0 bridgehead atoms. The summed E-state index contributed by atoms with van der Waals surface area (Å²) >= 11 is 0. The second-order valence-electron chi connectivity index (χ2n) is 3.40. The third-order valence-corrected chi connectivity index (χ3v) is 2.53. The van der Waals surface area contributed by atoms with E-state index in [0.717, 1.165) is 19.6 Å². The van der Waals surface area contributed by atoms with Gasteiger partial charge in [0.1, 0.15) is 0 Å². The molecule has 0 aliphatic carbocycles. The van der Waals surface area contributed by atoms with Crippen molar-refractivity contribution in [3.8, 4) is 0 Å². The maximum Gasteiger partial charge on any atom is 0.324 e. The average molecular weight is 183 g/mol. The molecule has 0 atom stereocenters. The molecule has 3 amide bonds. The van der Waals surface area contributed by atoms with E-state index in [1.165, 1.54) is 11.3 Å². The van der Waals surface area contributed by atoms with Crippen molar-refractivity contribution >= 4 is 11.9 Å². The van der Waals surface area contributed by atoms with Crippen molar-refractivity contribution < 1.29 is 9.59 Å². The third kappa shape index (κ3) is 1.65. The molecule has 5 heteroatoms. The van der Waals surface area contributed by atoms with Gasteiger partial charge < -0.3 is 10.2 Å². The van der Waals surface area contributed by atoms with E-state index in [1.807, 2.05) is 0 Å². The number of hydrogen-bond acceptors (Lipinski definition) is 3. The van der Waals surface area contributed by atoms with Gasteiger partial charge in [-0.05, 0) is 19.5 Å². The van der Waals surface area contributed by atoms with Crippen LogP contribution in [-0.2, 0) is 4.79 Å². The van der Waals surface area contributed by atoms with Crippen LogP contribution in [0.5, 0.6) is 0 Å². The molecule has 2 saturated heterocycles. The largest absolute Gasteiger partial charge is 0.329 e. The molecule has 2 rings (SSSR count). The predicted octanol–water partition coefficient (Wildman–Crippen LogP) is -0.756. The van der Waals surface area contributed by atoms with Crippen molar-refractivity contribution in [2.24, 2.45) is 0 Å². The van der Waals surface area contributed by atoms with E-state index in [9.17, 15) is 9.59 Å². The van der Waals surface area contributed by atoms with Crippen LogP contribution in [0.3, 0.4) is 0 Å². The Labute approximate surface area is 76.7 Å². The van der Waals surface area contributed by atoms with Gasteiger partial charge in [0, 0.05) is 13.1 Å². The number of carbonyl (C=O) groups excluding carboxylic acids is 2. The Kier molecular flexibility index (Phi) is 2.18. The predicted molar refractivity (Wildman–Crippen MR) is 46.2 cm³/mol. The number of nitrogens with zero attached hydrogens (tertiary/aromatic N) is 2. The lowest BCUT2D eigenvalue weighted by molar-refractivity contribution is -0.125. The van der Waals surface area contributed by atoms with Gasteiger partial charge in [0.15, 0.2) is 0 Å². The third-order valence-electron chi connectivity index (χ3n) is 2.53. The Hall–Kier alpha value is -1.10. The van der Waals surface area contributed by atoms with Crippen molar-refractivity contribution in [2.75, 3.05) is 32.7 Å². The van der Waals surface area contributed by atoms with E-state index >= 15 is 0 Å². The van der Waals surface area contributed by atoms with E-state index < -0.39 is 0 Å². The first-order valence-corrected chi connectivity index (χ1v) is 4.58. The van der Waals surface area contributed by atoms with Gasteiger partial charge in [0.05, 0.1) is 6.54 Å². The second-order valence-corrected chi connectivity index (χ2v) is 3.40. The first-order valence-electron chi connectivity index (χ1n) is 4.58. The molecule has 0 aromatic rings. The molecule has 1 N–H and O–H groups in total. The van der Waals surface area contributed by atoms with Crippen molar-refractivity contribution in [2.45, 2.75) is 6.42 Å². The molecule has 5 nitrogen and oxygen atoms in total. The highest BCUT2D eigenvalue weighted by molar-refractivity contribution is 6.01. The van der Waals surface area contributed by atoms with Gasteiger partial charge in [-0.15, -0.1) is 0 Å². The SMILES string of the molecule is O=C1CNC(=O)N1CCN1CCC1. The zero-order valence-corrected chi connectivity index (χ0v) is 7.45. The topological polar surface area (TPSA) is 52.7 Å². The number of likely N-dealkylation sites (tertiary alicyclic amines) is 1. The van der Waals surface area contributed by atoms with Gasteiger partial charge in [-0.3, -0.25) is 9.69 Å². The number of urea groups is 1. The summed E-state index contributed by atoms with van der Waals surface area (Å²) in [6, 6.07) is -0.245. The Morgan fingerprint density at radius 1 is 1.23 bits per heavy atom. The number of imide groups is 1. The Morgan fingerprint density at radius 2 is 2.00 bits per heavy atom. The zero-order valence-electron chi connectivity index (χ0n) is 7.45. The fraction of sp³-hybridized carbons (Fsp3) is 0.750. The van der Waals surface area contributed by atoms with E-state index in [0.29, 0.717) is 6.54 Å². The van der Waals surface area contributed by atoms with E-state index in [1.54, 1.807) is 0 Å². The van der Waals surface area contributed by atoms with Gasteiger partial charge in [0.25, 0.3) is 0 Å². The van der Waals surface area contributed by atoms with Crippen LogP contribution in [0, 0.1) is 0 Å². The molecule has 13 heavy (non-hydrogen) atoms. The van der Waals surface area contributed by atoms with Crippen LogP contribution >= 0.6 is 0 Å². The summed E-state index contributed by atoms with van der Waals surface area (Å²) in [6.45, 7) is 3.72. The fourth-order valence-electron chi connectivity index (χ4n) is 1.53.